The summed E-state index contributed by atoms with van der Waals surface area (Å²) in [5.41, 5.74) is 3.86. The third kappa shape index (κ3) is 5.95. The van der Waals surface area contributed by atoms with Gasteiger partial charge < -0.3 is 20.8 Å². The second-order valence-corrected chi connectivity index (χ2v) is 17.8. The lowest BCUT2D eigenvalue weighted by Gasteiger charge is -2.69. The molecule has 49 heavy (non-hydrogen) atoms. The van der Waals surface area contributed by atoms with E-state index < -0.39 is 5.97 Å². The van der Waals surface area contributed by atoms with Gasteiger partial charge >= 0.3 is 5.97 Å². The smallest absolute Gasteiger partial charge is 0.337 e. The fourth-order valence-corrected chi connectivity index (χ4v) is 13.0. The molecular weight excluding hydrogens is 610 g/mol. The standard InChI is InChI=1S/C42H59N3O4/c1-39(2)34-15-19-40(3)32-14-21-42(18-6-9-33(42)31(32)12-13-35(40)41(34,4)20-16-36(39)46)38(49)44-22-17-27-7-5-8-28(23-27)24-43-26-30-11-10-29(25-45-30)37(47)48/h5,7-8,10-11,23,25,31-36,43,46H,6,9,12-22,24,26H2,1-4H3,(H,44,49)(H,47,48). The van der Waals surface area contributed by atoms with Crippen molar-refractivity contribution >= 4 is 11.9 Å². The van der Waals surface area contributed by atoms with Crippen LogP contribution in [0.15, 0.2) is 42.6 Å². The Balaban J connectivity index is 0.953. The maximum Gasteiger partial charge on any atom is 0.337 e. The molecule has 0 aliphatic heterocycles. The first kappa shape index (κ1) is 34.7. The summed E-state index contributed by atoms with van der Waals surface area (Å²) in [7, 11) is 0. The van der Waals surface area contributed by atoms with E-state index in [9.17, 15) is 14.7 Å². The van der Waals surface area contributed by atoms with Gasteiger partial charge in [-0.25, -0.2) is 4.79 Å². The summed E-state index contributed by atoms with van der Waals surface area (Å²) in [4.78, 5) is 29.5. The Labute approximate surface area is 293 Å². The van der Waals surface area contributed by atoms with Crippen LogP contribution in [0.4, 0.5) is 0 Å². The number of rotatable bonds is 9. The number of aliphatic hydroxyl groups excluding tert-OH is 1. The first-order valence-electron chi connectivity index (χ1n) is 19.3. The number of pyridine rings is 1. The van der Waals surface area contributed by atoms with E-state index in [4.69, 9.17) is 5.11 Å². The predicted molar refractivity (Wildman–Crippen MR) is 192 cm³/mol. The highest BCUT2D eigenvalue weighted by molar-refractivity contribution is 5.87. The fourth-order valence-electron chi connectivity index (χ4n) is 13.0. The average molecular weight is 670 g/mol. The summed E-state index contributed by atoms with van der Waals surface area (Å²) < 4.78 is 0. The normalized spacial score (nSPS) is 37.7. The van der Waals surface area contributed by atoms with Crippen LogP contribution in [0.2, 0.25) is 0 Å². The number of amides is 1. The zero-order valence-corrected chi connectivity index (χ0v) is 30.3. The van der Waals surface area contributed by atoms with Gasteiger partial charge in [0.25, 0.3) is 0 Å². The number of aromatic carboxylic acids is 1. The van der Waals surface area contributed by atoms with E-state index in [1.165, 1.54) is 62.3 Å². The fraction of sp³-hybridized carbons (Fsp3) is 0.690. The Kier molecular flexibility index (Phi) is 9.26. The van der Waals surface area contributed by atoms with E-state index in [2.05, 4.69) is 67.6 Å². The highest BCUT2D eigenvalue weighted by atomic mass is 16.4. The monoisotopic (exact) mass is 669 g/mol. The van der Waals surface area contributed by atoms with Gasteiger partial charge in [-0.2, -0.15) is 0 Å². The van der Waals surface area contributed by atoms with E-state index in [0.717, 1.165) is 49.6 Å². The zero-order valence-electron chi connectivity index (χ0n) is 30.3. The molecule has 7 rings (SSSR count). The van der Waals surface area contributed by atoms with Crippen LogP contribution >= 0.6 is 0 Å². The Bertz CT molecular complexity index is 1540. The molecular formula is C42H59N3O4. The summed E-state index contributed by atoms with van der Waals surface area (Å²) in [5, 5.41) is 26.9. The topological polar surface area (TPSA) is 112 Å². The van der Waals surface area contributed by atoms with E-state index in [0.29, 0.717) is 54.1 Å². The lowest BCUT2D eigenvalue weighted by Crippen LogP contribution is -2.63. The minimum Gasteiger partial charge on any atom is -0.478 e. The van der Waals surface area contributed by atoms with Gasteiger partial charge in [0.15, 0.2) is 0 Å². The van der Waals surface area contributed by atoms with Crippen LogP contribution in [0.3, 0.4) is 0 Å². The molecule has 0 radical (unpaired) electrons. The van der Waals surface area contributed by atoms with Gasteiger partial charge in [0.1, 0.15) is 0 Å². The van der Waals surface area contributed by atoms with Gasteiger partial charge in [-0.1, -0.05) is 58.4 Å². The molecule has 1 amide bonds. The number of fused-ring (bicyclic) bond motifs is 7. The average Bonchev–Trinajstić information content (AvgIpc) is 3.53. The lowest BCUT2D eigenvalue weighted by atomic mass is 9.36. The molecule has 4 N–H and O–H groups in total. The van der Waals surface area contributed by atoms with Crippen LogP contribution in [0.5, 0.6) is 0 Å². The number of nitrogens with zero attached hydrogens (tertiary/aromatic N) is 1. The van der Waals surface area contributed by atoms with Crippen molar-refractivity contribution < 1.29 is 19.8 Å². The number of carboxylic acid groups (broad SMARTS) is 1. The summed E-state index contributed by atoms with van der Waals surface area (Å²) in [5.74, 6) is 2.58. The first-order chi connectivity index (χ1) is 23.4. The maximum atomic E-state index is 14.2. The predicted octanol–water partition coefficient (Wildman–Crippen LogP) is 7.55. The van der Waals surface area contributed by atoms with Crippen molar-refractivity contribution in [2.45, 2.75) is 124 Å². The Hall–Kier alpha value is -2.77. The van der Waals surface area contributed by atoms with Gasteiger partial charge in [0.05, 0.1) is 22.8 Å². The van der Waals surface area contributed by atoms with Crippen LogP contribution in [0, 0.1) is 51.2 Å². The Morgan fingerprint density at radius 1 is 0.837 bits per heavy atom. The number of aromatic nitrogens is 1. The molecule has 1 heterocycles. The molecule has 2 aromatic rings. The Morgan fingerprint density at radius 3 is 2.41 bits per heavy atom. The van der Waals surface area contributed by atoms with Crippen LogP contribution in [-0.4, -0.2) is 39.7 Å². The maximum absolute atomic E-state index is 14.2. The molecule has 5 aliphatic carbocycles. The lowest BCUT2D eigenvalue weighted by molar-refractivity contribution is -0.214. The summed E-state index contributed by atoms with van der Waals surface area (Å²) in [6, 6.07) is 11.9. The number of benzene rings is 1. The third-order valence-corrected chi connectivity index (χ3v) is 15.3. The molecule has 9 atom stereocenters. The third-order valence-electron chi connectivity index (χ3n) is 15.3. The second-order valence-electron chi connectivity index (χ2n) is 17.8. The number of carbonyl (C=O) groups excluding carboxylic acids is 1. The molecule has 1 aromatic heterocycles. The summed E-state index contributed by atoms with van der Waals surface area (Å²) in [6.07, 6.45) is 14.9. The summed E-state index contributed by atoms with van der Waals surface area (Å²) in [6.45, 7) is 11.8. The van der Waals surface area contributed by atoms with Gasteiger partial charge in [-0.15, -0.1) is 0 Å². The number of nitrogens with one attached hydrogen (secondary N) is 2. The van der Waals surface area contributed by atoms with Gasteiger partial charge in [0, 0.05) is 25.8 Å². The van der Waals surface area contributed by atoms with Crippen molar-refractivity contribution in [2.75, 3.05) is 6.54 Å². The molecule has 1 aromatic carbocycles. The molecule has 5 aliphatic rings. The highest BCUT2D eigenvalue weighted by Crippen LogP contribution is 2.73. The van der Waals surface area contributed by atoms with E-state index in [1.807, 2.05) is 0 Å². The van der Waals surface area contributed by atoms with Gasteiger partial charge in [-0.3, -0.25) is 9.78 Å². The van der Waals surface area contributed by atoms with Crippen molar-refractivity contribution in [1.82, 2.24) is 15.6 Å². The van der Waals surface area contributed by atoms with Crippen molar-refractivity contribution in [3.63, 3.8) is 0 Å². The largest absolute Gasteiger partial charge is 0.478 e. The zero-order chi connectivity index (χ0) is 34.6. The molecule has 5 saturated carbocycles. The molecule has 266 valence electrons. The Morgan fingerprint density at radius 2 is 1.63 bits per heavy atom. The minimum atomic E-state index is -0.967. The van der Waals surface area contributed by atoms with Crippen LogP contribution in [-0.2, 0) is 24.3 Å². The van der Waals surface area contributed by atoms with E-state index >= 15 is 0 Å². The summed E-state index contributed by atoms with van der Waals surface area (Å²) >= 11 is 0. The van der Waals surface area contributed by atoms with Crippen LogP contribution < -0.4 is 10.6 Å². The number of hydrogen-bond donors (Lipinski definition) is 4. The molecule has 7 nitrogen and oxygen atoms in total. The molecule has 0 spiro atoms. The molecule has 9 unspecified atom stereocenters. The molecule has 5 fully saturated rings. The van der Waals surface area contributed by atoms with Crippen LogP contribution in [0.1, 0.15) is 126 Å². The van der Waals surface area contributed by atoms with Crippen molar-refractivity contribution in [1.29, 1.82) is 0 Å². The van der Waals surface area contributed by atoms with Gasteiger partial charge in [-0.05, 0) is 140 Å². The van der Waals surface area contributed by atoms with E-state index in [-0.39, 0.29) is 22.5 Å². The van der Waals surface area contributed by atoms with Crippen molar-refractivity contribution in [3.8, 4) is 0 Å². The van der Waals surface area contributed by atoms with E-state index in [1.54, 1.807) is 12.1 Å². The van der Waals surface area contributed by atoms with Gasteiger partial charge in [0.2, 0.25) is 5.91 Å². The second kappa shape index (κ2) is 13.1. The van der Waals surface area contributed by atoms with Crippen LogP contribution in [0.25, 0.3) is 0 Å². The SMILES string of the molecule is CC1(C)C(O)CCC2(C)C1CCC1(C)C3CCC4(C(=O)NCCc5cccc(CNCc6ccc(C(=O)O)cn6)c5)CCCC4C3CCC12. The first-order valence-corrected chi connectivity index (χ1v) is 19.3. The molecule has 0 bridgehead atoms. The van der Waals surface area contributed by atoms with Crippen molar-refractivity contribution in [3.05, 3.63) is 65.0 Å². The highest BCUT2D eigenvalue weighted by Gasteiger charge is 2.67. The number of carboxylic acids is 1. The number of hydrogen-bond acceptors (Lipinski definition) is 5. The van der Waals surface area contributed by atoms with Crippen molar-refractivity contribution in [2.24, 2.45) is 51.2 Å². The molecule has 0 saturated heterocycles. The molecule has 7 heteroatoms. The number of aliphatic hydroxyl groups is 1. The number of carbonyl (C=O) groups is 2. The quantitative estimate of drug-likeness (QED) is 0.219. The minimum absolute atomic E-state index is 0.00824.